The van der Waals surface area contributed by atoms with Crippen molar-refractivity contribution in [1.29, 1.82) is 0 Å². The van der Waals surface area contributed by atoms with Crippen LogP contribution in [0.15, 0.2) is 27.8 Å². The Morgan fingerprint density at radius 1 is 1.59 bits per heavy atom. The number of nitrogens with one attached hydrogen (secondary N) is 1. The second-order valence-corrected chi connectivity index (χ2v) is 5.34. The molecule has 1 aliphatic heterocycles. The number of likely N-dealkylation sites (tertiary alicyclic amines) is 1. The van der Waals surface area contributed by atoms with Crippen LogP contribution < -0.4 is 5.32 Å². The Labute approximate surface area is 131 Å². The van der Waals surface area contributed by atoms with Crippen molar-refractivity contribution in [2.45, 2.75) is 26.2 Å². The fourth-order valence-electron chi connectivity index (χ4n) is 2.71. The Balaban J connectivity index is 1.83. The van der Waals surface area contributed by atoms with Gasteiger partial charge in [0.2, 0.25) is 0 Å². The van der Waals surface area contributed by atoms with E-state index in [1.807, 2.05) is 19.1 Å². The van der Waals surface area contributed by atoms with E-state index in [1.165, 1.54) is 0 Å². The summed E-state index contributed by atoms with van der Waals surface area (Å²) in [6, 6.07) is 3.85. The van der Waals surface area contributed by atoms with Crippen LogP contribution in [-0.2, 0) is 16.0 Å². The van der Waals surface area contributed by atoms with Crippen LogP contribution in [0, 0.1) is 5.92 Å². The Bertz CT molecular complexity index is 485. The van der Waals surface area contributed by atoms with Crippen LogP contribution in [0.25, 0.3) is 0 Å². The first-order chi connectivity index (χ1) is 10.7. The van der Waals surface area contributed by atoms with Crippen molar-refractivity contribution >= 4 is 11.9 Å². The maximum atomic E-state index is 11.9. The summed E-state index contributed by atoms with van der Waals surface area (Å²) < 4.78 is 10.5. The number of rotatable bonds is 5. The van der Waals surface area contributed by atoms with E-state index in [4.69, 9.17) is 9.15 Å². The molecule has 1 fully saturated rings. The van der Waals surface area contributed by atoms with Gasteiger partial charge in [-0.25, -0.2) is 0 Å². The lowest BCUT2D eigenvalue weighted by atomic mass is 9.98. The fourth-order valence-corrected chi connectivity index (χ4v) is 2.71. The van der Waals surface area contributed by atoms with E-state index in [0.29, 0.717) is 13.2 Å². The van der Waals surface area contributed by atoms with Gasteiger partial charge in [0.1, 0.15) is 5.76 Å². The SMILES string of the molecule is CCOC(=O)C1CCCN(C(=NC)NCCc2ccco2)C1. The predicted molar refractivity (Wildman–Crippen MR) is 84.7 cm³/mol. The normalized spacial score (nSPS) is 19.1. The number of guanidine groups is 1. The average molecular weight is 307 g/mol. The predicted octanol–water partition coefficient (Wildman–Crippen LogP) is 1.67. The lowest BCUT2D eigenvalue weighted by Crippen LogP contribution is -2.48. The van der Waals surface area contributed by atoms with Crippen LogP contribution in [0.1, 0.15) is 25.5 Å². The molecule has 2 heterocycles. The number of hydrogen-bond donors (Lipinski definition) is 1. The van der Waals surface area contributed by atoms with E-state index in [9.17, 15) is 4.79 Å². The number of aliphatic imine (C=N–C) groups is 1. The number of carbonyl (C=O) groups is 1. The molecule has 1 aliphatic rings. The maximum Gasteiger partial charge on any atom is 0.310 e. The lowest BCUT2D eigenvalue weighted by Gasteiger charge is -2.33. The standard InChI is InChI=1S/C16H25N3O3/c1-3-21-15(20)13-6-4-10-19(12-13)16(17-2)18-9-8-14-7-5-11-22-14/h5,7,11,13H,3-4,6,8-10,12H2,1-2H3,(H,17,18). The molecule has 1 saturated heterocycles. The van der Waals surface area contributed by atoms with Gasteiger partial charge in [-0.2, -0.15) is 0 Å². The topological polar surface area (TPSA) is 67.1 Å². The molecule has 1 aromatic heterocycles. The smallest absolute Gasteiger partial charge is 0.310 e. The molecule has 1 atom stereocenters. The van der Waals surface area contributed by atoms with Crippen LogP contribution in [0.5, 0.6) is 0 Å². The maximum absolute atomic E-state index is 11.9. The van der Waals surface area contributed by atoms with E-state index in [2.05, 4.69) is 15.2 Å². The molecule has 2 rings (SSSR count). The van der Waals surface area contributed by atoms with Gasteiger partial charge in [0, 0.05) is 33.1 Å². The third-order valence-corrected chi connectivity index (χ3v) is 3.79. The van der Waals surface area contributed by atoms with Crippen molar-refractivity contribution in [1.82, 2.24) is 10.2 Å². The van der Waals surface area contributed by atoms with Gasteiger partial charge in [0.05, 0.1) is 18.8 Å². The van der Waals surface area contributed by atoms with Crippen molar-refractivity contribution in [2.24, 2.45) is 10.9 Å². The monoisotopic (exact) mass is 307 g/mol. The Hall–Kier alpha value is -1.98. The first kappa shape index (κ1) is 16.4. The molecule has 6 nitrogen and oxygen atoms in total. The van der Waals surface area contributed by atoms with Crippen LogP contribution in [0.2, 0.25) is 0 Å². The molecule has 122 valence electrons. The molecule has 0 radical (unpaired) electrons. The van der Waals surface area contributed by atoms with Crippen molar-refractivity contribution in [3.05, 3.63) is 24.2 Å². The molecular weight excluding hydrogens is 282 g/mol. The number of hydrogen-bond acceptors (Lipinski definition) is 4. The average Bonchev–Trinajstić information content (AvgIpc) is 3.05. The molecule has 1 unspecified atom stereocenters. The molecule has 0 saturated carbocycles. The van der Waals surface area contributed by atoms with Crippen LogP contribution >= 0.6 is 0 Å². The number of piperidine rings is 1. The Morgan fingerprint density at radius 3 is 3.14 bits per heavy atom. The molecule has 22 heavy (non-hydrogen) atoms. The van der Waals surface area contributed by atoms with Crippen LogP contribution in [-0.4, -0.2) is 50.1 Å². The highest BCUT2D eigenvalue weighted by Gasteiger charge is 2.28. The summed E-state index contributed by atoms with van der Waals surface area (Å²) in [6.07, 6.45) is 4.35. The van der Waals surface area contributed by atoms with Crippen molar-refractivity contribution in [2.75, 3.05) is 33.3 Å². The molecule has 0 aromatic carbocycles. The summed E-state index contributed by atoms with van der Waals surface area (Å²) in [6.45, 7) is 4.61. The summed E-state index contributed by atoms with van der Waals surface area (Å²) in [4.78, 5) is 18.4. The molecule has 0 spiro atoms. The van der Waals surface area contributed by atoms with Gasteiger partial charge in [-0.05, 0) is 31.9 Å². The number of furan rings is 1. The van der Waals surface area contributed by atoms with Gasteiger partial charge in [-0.3, -0.25) is 9.79 Å². The molecule has 0 bridgehead atoms. The molecule has 6 heteroatoms. The van der Waals surface area contributed by atoms with Gasteiger partial charge in [0.15, 0.2) is 5.96 Å². The number of carbonyl (C=O) groups excluding carboxylic acids is 1. The Morgan fingerprint density at radius 2 is 2.45 bits per heavy atom. The van der Waals surface area contributed by atoms with Gasteiger partial charge >= 0.3 is 5.97 Å². The van der Waals surface area contributed by atoms with Crippen molar-refractivity contribution < 1.29 is 13.9 Å². The third-order valence-electron chi connectivity index (χ3n) is 3.79. The van der Waals surface area contributed by atoms with Gasteiger partial charge in [-0.1, -0.05) is 0 Å². The summed E-state index contributed by atoms with van der Waals surface area (Å²) in [7, 11) is 1.77. The second kappa shape index (κ2) is 8.46. The highest BCUT2D eigenvalue weighted by Crippen LogP contribution is 2.18. The van der Waals surface area contributed by atoms with Gasteiger partial charge < -0.3 is 19.4 Å². The minimum atomic E-state index is -0.0989. The van der Waals surface area contributed by atoms with Crippen LogP contribution in [0.3, 0.4) is 0 Å². The quantitative estimate of drug-likeness (QED) is 0.509. The summed E-state index contributed by atoms with van der Waals surface area (Å²) in [5, 5.41) is 3.33. The van der Waals surface area contributed by atoms with Gasteiger partial charge in [0.25, 0.3) is 0 Å². The van der Waals surface area contributed by atoms with Crippen LogP contribution in [0.4, 0.5) is 0 Å². The van der Waals surface area contributed by atoms with E-state index >= 15 is 0 Å². The molecule has 1 N–H and O–H groups in total. The fraction of sp³-hybridized carbons (Fsp3) is 0.625. The first-order valence-electron chi connectivity index (χ1n) is 7.89. The van der Waals surface area contributed by atoms with Crippen molar-refractivity contribution in [3.8, 4) is 0 Å². The third kappa shape index (κ3) is 4.51. The minimum Gasteiger partial charge on any atom is -0.469 e. The van der Waals surface area contributed by atoms with E-state index < -0.39 is 0 Å². The first-order valence-corrected chi connectivity index (χ1v) is 7.89. The zero-order valence-corrected chi connectivity index (χ0v) is 13.4. The minimum absolute atomic E-state index is 0.0580. The summed E-state index contributed by atoms with van der Waals surface area (Å²) in [5.41, 5.74) is 0. The zero-order chi connectivity index (χ0) is 15.8. The van der Waals surface area contributed by atoms with E-state index in [1.54, 1.807) is 13.3 Å². The summed E-state index contributed by atoms with van der Waals surface area (Å²) in [5.74, 6) is 1.63. The number of ether oxygens (including phenoxy) is 1. The second-order valence-electron chi connectivity index (χ2n) is 5.34. The van der Waals surface area contributed by atoms with Gasteiger partial charge in [-0.15, -0.1) is 0 Å². The molecule has 0 aliphatic carbocycles. The molecule has 1 aromatic rings. The highest BCUT2D eigenvalue weighted by molar-refractivity contribution is 5.81. The van der Waals surface area contributed by atoms with E-state index in [-0.39, 0.29) is 11.9 Å². The highest BCUT2D eigenvalue weighted by atomic mass is 16.5. The summed E-state index contributed by atoms with van der Waals surface area (Å²) >= 11 is 0. The van der Waals surface area contributed by atoms with E-state index in [0.717, 1.165) is 44.1 Å². The number of esters is 1. The Kier molecular flexibility index (Phi) is 6.30. The van der Waals surface area contributed by atoms with Crippen molar-refractivity contribution in [3.63, 3.8) is 0 Å². The molecular formula is C16H25N3O3. The number of nitrogens with zero attached hydrogens (tertiary/aromatic N) is 2. The largest absolute Gasteiger partial charge is 0.469 e. The lowest BCUT2D eigenvalue weighted by molar-refractivity contribution is -0.149. The molecule has 0 amide bonds. The zero-order valence-electron chi connectivity index (χ0n) is 13.4.